The van der Waals surface area contributed by atoms with Gasteiger partial charge in [0.25, 0.3) is 0 Å². The van der Waals surface area contributed by atoms with E-state index in [1.165, 1.54) is 25.7 Å². The Morgan fingerprint density at radius 1 is 1.20 bits per heavy atom. The number of hydrogen-bond acceptors (Lipinski definition) is 1. The maximum absolute atomic E-state index is 11.7. The summed E-state index contributed by atoms with van der Waals surface area (Å²) >= 11 is 0. The minimum atomic E-state index is 0.324. The molecule has 0 unspecified atom stereocenters. The SMILES string of the molecule is C[C@H](NC(=O)C1CC1)[C@H]1C[C@H]2CC[C@H]1C2. The first-order valence-corrected chi connectivity index (χ1v) is 6.54. The largest absolute Gasteiger partial charge is 0.353 e. The molecule has 0 spiro atoms. The summed E-state index contributed by atoms with van der Waals surface area (Å²) in [6.07, 6.45) is 7.92. The van der Waals surface area contributed by atoms with Gasteiger partial charge in [-0.25, -0.2) is 0 Å². The van der Waals surface area contributed by atoms with Gasteiger partial charge in [-0.3, -0.25) is 4.79 Å². The van der Waals surface area contributed by atoms with Crippen LogP contribution >= 0.6 is 0 Å². The van der Waals surface area contributed by atoms with Gasteiger partial charge in [0.2, 0.25) is 5.91 Å². The van der Waals surface area contributed by atoms with Crippen LogP contribution in [0.5, 0.6) is 0 Å². The normalized spacial score (nSPS) is 40.5. The first kappa shape index (κ1) is 9.68. The van der Waals surface area contributed by atoms with Crippen molar-refractivity contribution in [2.75, 3.05) is 0 Å². The van der Waals surface area contributed by atoms with Crippen LogP contribution in [0.25, 0.3) is 0 Å². The predicted molar refractivity (Wildman–Crippen MR) is 59.3 cm³/mol. The average molecular weight is 207 g/mol. The van der Waals surface area contributed by atoms with Gasteiger partial charge in [-0.1, -0.05) is 6.42 Å². The zero-order chi connectivity index (χ0) is 10.4. The van der Waals surface area contributed by atoms with E-state index < -0.39 is 0 Å². The zero-order valence-corrected chi connectivity index (χ0v) is 9.54. The molecule has 0 aromatic carbocycles. The van der Waals surface area contributed by atoms with Crippen molar-refractivity contribution in [2.45, 2.75) is 51.5 Å². The predicted octanol–water partition coefficient (Wildman–Crippen LogP) is 2.34. The molecule has 1 amide bonds. The first-order valence-electron chi connectivity index (χ1n) is 6.54. The molecule has 2 bridgehead atoms. The van der Waals surface area contributed by atoms with Gasteiger partial charge in [-0.05, 0) is 56.8 Å². The molecule has 3 rings (SSSR count). The summed E-state index contributed by atoms with van der Waals surface area (Å²) < 4.78 is 0. The van der Waals surface area contributed by atoms with Crippen LogP contribution in [-0.2, 0) is 4.79 Å². The molecule has 0 aromatic heterocycles. The Balaban J connectivity index is 1.55. The number of nitrogens with one attached hydrogen (secondary N) is 1. The lowest BCUT2D eigenvalue weighted by Gasteiger charge is -2.28. The smallest absolute Gasteiger partial charge is 0.223 e. The molecule has 0 aromatic rings. The second-order valence-corrected chi connectivity index (χ2v) is 5.91. The second-order valence-electron chi connectivity index (χ2n) is 5.91. The third-order valence-corrected chi connectivity index (χ3v) is 4.75. The highest BCUT2D eigenvalue weighted by Gasteiger charge is 2.42. The van der Waals surface area contributed by atoms with Crippen LogP contribution in [0.15, 0.2) is 0 Å². The van der Waals surface area contributed by atoms with Crippen LogP contribution in [0.4, 0.5) is 0 Å². The third kappa shape index (κ3) is 1.79. The van der Waals surface area contributed by atoms with E-state index in [-0.39, 0.29) is 0 Å². The van der Waals surface area contributed by atoms with Crippen molar-refractivity contribution in [3.63, 3.8) is 0 Å². The van der Waals surface area contributed by atoms with E-state index in [9.17, 15) is 4.79 Å². The van der Waals surface area contributed by atoms with Gasteiger partial charge in [-0.15, -0.1) is 0 Å². The summed E-state index contributed by atoms with van der Waals surface area (Å²) in [7, 11) is 0. The van der Waals surface area contributed by atoms with E-state index in [0.29, 0.717) is 17.9 Å². The molecule has 15 heavy (non-hydrogen) atoms. The zero-order valence-electron chi connectivity index (χ0n) is 9.54. The molecule has 1 N–H and O–H groups in total. The lowest BCUT2D eigenvalue weighted by atomic mass is 9.84. The molecule has 3 aliphatic rings. The van der Waals surface area contributed by atoms with E-state index in [4.69, 9.17) is 0 Å². The molecule has 2 heteroatoms. The number of carbonyl (C=O) groups is 1. The van der Waals surface area contributed by atoms with E-state index in [1.54, 1.807) is 0 Å². The van der Waals surface area contributed by atoms with E-state index in [1.807, 2.05) is 0 Å². The Morgan fingerprint density at radius 2 is 2.00 bits per heavy atom. The molecule has 2 nitrogen and oxygen atoms in total. The quantitative estimate of drug-likeness (QED) is 0.756. The molecule has 0 aliphatic heterocycles. The Hall–Kier alpha value is -0.530. The van der Waals surface area contributed by atoms with Crippen molar-refractivity contribution in [2.24, 2.45) is 23.7 Å². The highest BCUT2D eigenvalue weighted by Crippen LogP contribution is 2.49. The molecule has 0 heterocycles. The third-order valence-electron chi connectivity index (χ3n) is 4.75. The lowest BCUT2D eigenvalue weighted by molar-refractivity contribution is -0.123. The van der Waals surface area contributed by atoms with Gasteiger partial charge < -0.3 is 5.32 Å². The molecule has 4 atom stereocenters. The fourth-order valence-corrected chi connectivity index (χ4v) is 3.70. The summed E-state index contributed by atoms with van der Waals surface area (Å²) in [4.78, 5) is 11.7. The van der Waals surface area contributed by atoms with E-state index >= 15 is 0 Å². The number of fused-ring (bicyclic) bond motifs is 2. The molecule has 3 fully saturated rings. The summed E-state index contributed by atoms with van der Waals surface area (Å²) in [5.74, 6) is 3.38. The molecule has 0 saturated heterocycles. The van der Waals surface area contributed by atoms with Crippen LogP contribution in [0.3, 0.4) is 0 Å². The van der Waals surface area contributed by atoms with Crippen molar-refractivity contribution >= 4 is 5.91 Å². The Morgan fingerprint density at radius 3 is 2.53 bits per heavy atom. The summed E-state index contributed by atoms with van der Waals surface area (Å²) in [5.41, 5.74) is 0. The molecule has 84 valence electrons. The Labute approximate surface area is 91.8 Å². The van der Waals surface area contributed by atoms with Crippen LogP contribution in [-0.4, -0.2) is 11.9 Å². The summed E-state index contributed by atoms with van der Waals surface area (Å²) in [5, 5.41) is 3.23. The first-order chi connectivity index (χ1) is 7.24. The van der Waals surface area contributed by atoms with Gasteiger partial charge in [0.05, 0.1) is 0 Å². The second kappa shape index (κ2) is 3.50. The number of carbonyl (C=O) groups excluding carboxylic acids is 1. The number of hydrogen-bond donors (Lipinski definition) is 1. The Kier molecular flexibility index (Phi) is 2.26. The average Bonchev–Trinajstić information content (AvgIpc) is 2.87. The summed E-state index contributed by atoms with van der Waals surface area (Å²) in [6, 6.07) is 0.424. The van der Waals surface area contributed by atoms with Gasteiger partial charge in [-0.2, -0.15) is 0 Å². The highest BCUT2D eigenvalue weighted by molar-refractivity contribution is 5.81. The summed E-state index contributed by atoms with van der Waals surface area (Å²) in [6.45, 7) is 2.21. The molecular formula is C13H21NO. The maximum atomic E-state index is 11.7. The van der Waals surface area contributed by atoms with E-state index in [0.717, 1.165) is 30.6 Å². The van der Waals surface area contributed by atoms with Crippen LogP contribution < -0.4 is 5.32 Å². The lowest BCUT2D eigenvalue weighted by Crippen LogP contribution is -2.40. The number of rotatable bonds is 3. The number of amides is 1. The minimum absolute atomic E-state index is 0.324. The molecular weight excluding hydrogens is 186 g/mol. The fraction of sp³-hybridized carbons (Fsp3) is 0.923. The molecule has 3 saturated carbocycles. The van der Waals surface area contributed by atoms with Crippen LogP contribution in [0.2, 0.25) is 0 Å². The van der Waals surface area contributed by atoms with Crippen molar-refractivity contribution in [3.8, 4) is 0 Å². The van der Waals surface area contributed by atoms with Gasteiger partial charge in [0.1, 0.15) is 0 Å². The van der Waals surface area contributed by atoms with Crippen molar-refractivity contribution in [1.82, 2.24) is 5.32 Å². The highest BCUT2D eigenvalue weighted by atomic mass is 16.2. The van der Waals surface area contributed by atoms with Crippen molar-refractivity contribution < 1.29 is 4.79 Å². The Bertz CT molecular complexity index is 272. The van der Waals surface area contributed by atoms with Crippen molar-refractivity contribution in [1.29, 1.82) is 0 Å². The van der Waals surface area contributed by atoms with Gasteiger partial charge >= 0.3 is 0 Å². The minimum Gasteiger partial charge on any atom is -0.353 e. The van der Waals surface area contributed by atoms with Crippen molar-refractivity contribution in [3.05, 3.63) is 0 Å². The van der Waals surface area contributed by atoms with Gasteiger partial charge in [0.15, 0.2) is 0 Å². The van der Waals surface area contributed by atoms with E-state index in [2.05, 4.69) is 12.2 Å². The topological polar surface area (TPSA) is 29.1 Å². The van der Waals surface area contributed by atoms with Crippen LogP contribution in [0.1, 0.15) is 45.4 Å². The molecule has 0 radical (unpaired) electrons. The molecule has 3 aliphatic carbocycles. The maximum Gasteiger partial charge on any atom is 0.223 e. The standard InChI is InChI=1S/C13H21NO/c1-8(14-13(15)10-4-5-10)12-7-9-2-3-11(12)6-9/h8-12H,2-7H2,1H3,(H,14,15)/t8-,9-,11-,12+/m0/s1. The fourth-order valence-electron chi connectivity index (χ4n) is 3.70. The van der Waals surface area contributed by atoms with Gasteiger partial charge in [0, 0.05) is 12.0 Å². The van der Waals surface area contributed by atoms with Crippen LogP contribution in [0, 0.1) is 23.7 Å². The monoisotopic (exact) mass is 207 g/mol.